The van der Waals surface area contributed by atoms with Gasteiger partial charge < -0.3 is 51.7 Å². The number of carbonyl (C=O) groups excluding carboxylic acids is 1. The Hall–Kier alpha value is -6.79. The summed E-state index contributed by atoms with van der Waals surface area (Å²) in [5.74, 6) is 0. The SMILES string of the molecule is O=CC(O)C(O)C(O)CO.O=c1cccco1.O=c1cccco1.O=c1cccco1.O=c1cccco1.O=c1cccco1.O=c1cccco1. The highest BCUT2D eigenvalue weighted by atomic mass is 16.4. The van der Waals surface area contributed by atoms with Crippen LogP contribution in [0.25, 0.3) is 0 Å². The van der Waals surface area contributed by atoms with Crippen LogP contribution in [0.4, 0.5) is 0 Å². The molecule has 3 unspecified atom stereocenters. The van der Waals surface area contributed by atoms with Crippen molar-refractivity contribution in [2.24, 2.45) is 0 Å². The number of aliphatic hydroxyl groups excluding tert-OH is 4. The van der Waals surface area contributed by atoms with Crippen molar-refractivity contribution in [1.82, 2.24) is 0 Å². The number of hydrogen-bond acceptors (Lipinski definition) is 17. The van der Waals surface area contributed by atoms with E-state index in [1.807, 2.05) is 0 Å². The molecule has 4 N–H and O–H groups in total. The lowest BCUT2D eigenvalue weighted by Crippen LogP contribution is -2.40. The molecule has 0 aromatic carbocycles. The Morgan fingerprint density at radius 3 is 0.731 bits per heavy atom. The number of carbonyl (C=O) groups is 1. The van der Waals surface area contributed by atoms with Gasteiger partial charge in [0.05, 0.1) is 44.2 Å². The van der Waals surface area contributed by atoms with Gasteiger partial charge in [0, 0.05) is 36.4 Å². The second-order valence-corrected chi connectivity index (χ2v) is 8.61. The van der Waals surface area contributed by atoms with E-state index < -0.39 is 24.9 Å². The summed E-state index contributed by atoms with van der Waals surface area (Å²) >= 11 is 0. The maximum atomic E-state index is 10.1. The Kier molecular flexibility index (Phi) is 26.3. The number of hydrogen-bond donors (Lipinski definition) is 4. The molecule has 0 saturated heterocycles. The number of aldehydes is 1. The monoisotopic (exact) mass is 726 g/mol. The van der Waals surface area contributed by atoms with Crippen LogP contribution >= 0.6 is 0 Å². The predicted molar refractivity (Wildman–Crippen MR) is 181 cm³/mol. The average molecular weight is 727 g/mol. The molecule has 0 bridgehead atoms. The Morgan fingerprint density at radius 2 is 0.635 bits per heavy atom. The standard InChI is InChI=1S/C5H10O5.6C5H4O2/c6-1-3(8)5(10)4(9)2-7;6*6-5-3-1-2-4-7-5/h1,3-5,7-10H,2H2;6*1-4H. The Morgan fingerprint density at radius 1 is 0.423 bits per heavy atom. The Bertz CT molecular complexity index is 1620. The lowest BCUT2D eigenvalue weighted by atomic mass is 10.1. The molecule has 6 heterocycles. The van der Waals surface area contributed by atoms with Gasteiger partial charge in [0.1, 0.15) is 18.3 Å². The van der Waals surface area contributed by atoms with Crippen molar-refractivity contribution >= 4 is 6.29 Å². The maximum absolute atomic E-state index is 10.1. The molecule has 0 aliphatic heterocycles. The zero-order valence-electron chi connectivity index (χ0n) is 27.0. The molecule has 0 saturated carbocycles. The van der Waals surface area contributed by atoms with E-state index >= 15 is 0 Å². The zero-order valence-corrected chi connectivity index (χ0v) is 27.0. The third-order valence-electron chi connectivity index (χ3n) is 4.71. The highest BCUT2D eigenvalue weighted by Gasteiger charge is 2.22. The van der Waals surface area contributed by atoms with Crippen molar-refractivity contribution in [3.8, 4) is 0 Å². The van der Waals surface area contributed by atoms with E-state index in [1.54, 1.807) is 72.8 Å². The molecular weight excluding hydrogens is 692 g/mol. The molecule has 17 heteroatoms. The zero-order chi connectivity index (χ0) is 38.8. The molecule has 276 valence electrons. The molecule has 0 radical (unpaired) electrons. The van der Waals surface area contributed by atoms with Gasteiger partial charge in [-0.1, -0.05) is 36.4 Å². The third-order valence-corrected chi connectivity index (χ3v) is 4.71. The van der Waals surface area contributed by atoms with E-state index in [4.69, 9.17) is 20.4 Å². The summed E-state index contributed by atoms with van der Waals surface area (Å²) in [6.07, 6.45) is 3.47. The topological polar surface area (TPSA) is 279 Å². The van der Waals surface area contributed by atoms with Crippen LogP contribution in [-0.4, -0.2) is 51.6 Å². The summed E-state index contributed by atoms with van der Waals surface area (Å²) < 4.78 is 26.2. The fourth-order valence-electron chi connectivity index (χ4n) is 2.37. The van der Waals surface area contributed by atoms with Crippen LogP contribution in [0.1, 0.15) is 0 Å². The van der Waals surface area contributed by atoms with Crippen molar-refractivity contribution < 1.29 is 51.7 Å². The van der Waals surface area contributed by atoms with Crippen LogP contribution in [0.2, 0.25) is 0 Å². The summed E-state index contributed by atoms with van der Waals surface area (Å²) in [4.78, 5) is 70.4. The van der Waals surface area contributed by atoms with Gasteiger partial charge >= 0.3 is 33.8 Å². The van der Waals surface area contributed by atoms with Crippen LogP contribution in [0, 0.1) is 0 Å². The van der Waals surface area contributed by atoms with E-state index in [1.165, 1.54) is 74.0 Å². The van der Waals surface area contributed by atoms with E-state index in [-0.39, 0.29) is 40.0 Å². The van der Waals surface area contributed by atoms with Gasteiger partial charge in [-0.3, -0.25) is 0 Å². The molecule has 6 rings (SSSR count). The van der Waals surface area contributed by atoms with Crippen molar-refractivity contribution in [2.75, 3.05) is 6.61 Å². The molecule has 0 fully saturated rings. The molecule has 0 spiro atoms. The summed E-state index contributed by atoms with van der Waals surface area (Å²) in [6, 6.07) is 27.9. The van der Waals surface area contributed by atoms with E-state index in [2.05, 4.69) is 26.5 Å². The normalized spacial score (nSPS) is 10.7. The van der Waals surface area contributed by atoms with Crippen LogP contribution in [0.15, 0.2) is 202 Å². The Balaban J connectivity index is 0.000000585. The average Bonchev–Trinajstić information content (AvgIpc) is 3.17. The fraction of sp³-hybridized carbons (Fsp3) is 0.114. The summed E-state index contributed by atoms with van der Waals surface area (Å²) in [6.45, 7) is -0.688. The minimum absolute atomic E-state index is 0.0869. The first-order valence-corrected chi connectivity index (χ1v) is 14.3. The van der Waals surface area contributed by atoms with Gasteiger partial charge in [-0.25, -0.2) is 28.8 Å². The van der Waals surface area contributed by atoms with Crippen molar-refractivity contribution in [2.45, 2.75) is 18.3 Å². The highest BCUT2D eigenvalue weighted by molar-refractivity contribution is 5.56. The maximum Gasteiger partial charge on any atom is 0.335 e. The van der Waals surface area contributed by atoms with Crippen LogP contribution in [0.5, 0.6) is 0 Å². The first-order valence-electron chi connectivity index (χ1n) is 14.3. The predicted octanol–water partition coefficient (Wildman–Crippen LogP) is 1.10. The van der Waals surface area contributed by atoms with Gasteiger partial charge in [-0.15, -0.1) is 0 Å². The summed E-state index contributed by atoms with van der Waals surface area (Å²) in [7, 11) is 0. The van der Waals surface area contributed by atoms with E-state index in [9.17, 15) is 33.6 Å². The van der Waals surface area contributed by atoms with Gasteiger partial charge in [-0.2, -0.15) is 0 Å². The Labute approximate surface area is 292 Å². The quantitative estimate of drug-likeness (QED) is 0.185. The first-order chi connectivity index (χ1) is 25.0. The second-order valence-electron chi connectivity index (χ2n) is 8.61. The van der Waals surface area contributed by atoms with Gasteiger partial charge in [0.25, 0.3) is 0 Å². The number of rotatable bonds is 4. The number of aliphatic hydroxyl groups is 4. The molecule has 52 heavy (non-hydrogen) atoms. The van der Waals surface area contributed by atoms with Crippen LogP contribution in [-0.2, 0) is 4.79 Å². The third kappa shape index (κ3) is 27.2. The van der Waals surface area contributed by atoms with Crippen molar-refractivity contribution in [1.29, 1.82) is 0 Å². The summed E-state index contributed by atoms with van der Waals surface area (Å²) in [5.41, 5.74) is -1.82. The van der Waals surface area contributed by atoms with Gasteiger partial charge in [-0.05, 0) is 36.4 Å². The fourth-order valence-corrected chi connectivity index (χ4v) is 2.37. The molecule has 6 aromatic heterocycles. The van der Waals surface area contributed by atoms with Crippen LogP contribution in [0.3, 0.4) is 0 Å². The minimum Gasteiger partial charge on any atom is -0.431 e. The molecule has 3 atom stereocenters. The smallest absolute Gasteiger partial charge is 0.335 e. The van der Waals surface area contributed by atoms with Crippen molar-refractivity contribution in [3.05, 3.63) is 209 Å². The molecule has 6 aromatic rings. The van der Waals surface area contributed by atoms with Gasteiger partial charge in [0.15, 0.2) is 6.29 Å². The van der Waals surface area contributed by atoms with Crippen molar-refractivity contribution in [3.63, 3.8) is 0 Å². The molecule has 0 aliphatic carbocycles. The molecule has 0 amide bonds. The van der Waals surface area contributed by atoms with E-state index in [0.717, 1.165) is 0 Å². The largest absolute Gasteiger partial charge is 0.431 e. The minimum atomic E-state index is -1.64. The first kappa shape index (κ1) is 45.2. The summed E-state index contributed by atoms with van der Waals surface area (Å²) in [5, 5.41) is 34.1. The lowest BCUT2D eigenvalue weighted by molar-refractivity contribution is -0.127. The van der Waals surface area contributed by atoms with Crippen LogP contribution < -0.4 is 33.8 Å². The molecule has 17 nitrogen and oxygen atoms in total. The molecule has 0 aliphatic rings. The van der Waals surface area contributed by atoms with E-state index in [0.29, 0.717) is 0 Å². The second kappa shape index (κ2) is 30.3. The molecular formula is C35H34O17. The lowest BCUT2D eigenvalue weighted by Gasteiger charge is -2.16. The van der Waals surface area contributed by atoms with Gasteiger partial charge in [0.2, 0.25) is 0 Å². The highest BCUT2D eigenvalue weighted by Crippen LogP contribution is 1.96.